The van der Waals surface area contributed by atoms with E-state index in [-0.39, 0.29) is 11.3 Å². The van der Waals surface area contributed by atoms with Crippen molar-refractivity contribution in [3.05, 3.63) is 77.7 Å². The molecule has 186 valence electrons. The van der Waals surface area contributed by atoms with Gasteiger partial charge < -0.3 is 19.4 Å². The minimum absolute atomic E-state index is 0.00763. The number of carbonyl (C=O) groups excluding carboxylic acids is 1. The number of hydrogen-bond acceptors (Lipinski definition) is 4. The Bertz CT molecular complexity index is 1430. The largest absolute Gasteiger partial charge is 0.378 e. The van der Waals surface area contributed by atoms with Crippen LogP contribution in [0.1, 0.15) is 42.3 Å². The summed E-state index contributed by atoms with van der Waals surface area (Å²) < 4.78 is 7.62. The molecule has 7 heteroatoms. The summed E-state index contributed by atoms with van der Waals surface area (Å²) in [6, 6.07) is 14.3. The second-order valence-electron chi connectivity index (χ2n) is 10.4. The molecule has 2 aromatic heterocycles. The first-order valence-corrected chi connectivity index (χ1v) is 12.9. The lowest BCUT2D eigenvalue weighted by Crippen LogP contribution is -2.36. The van der Waals surface area contributed by atoms with E-state index in [2.05, 4.69) is 87.0 Å². The molecule has 6 nitrogen and oxygen atoms in total. The normalized spacial score (nSPS) is 14.3. The average Bonchev–Trinajstić information content (AvgIpc) is 3.32. The number of fused-ring (bicyclic) bond motifs is 1. The monoisotopic (exact) mass is 500 g/mol. The molecule has 1 aliphatic rings. The summed E-state index contributed by atoms with van der Waals surface area (Å²) in [5.74, 6) is -0.121. The van der Waals surface area contributed by atoms with E-state index in [1.54, 1.807) is 0 Å². The summed E-state index contributed by atoms with van der Waals surface area (Å²) >= 11 is 0. The molecule has 1 atom stereocenters. The molecular weight excluding hydrogens is 467 g/mol. The molecule has 1 saturated heterocycles. The van der Waals surface area contributed by atoms with Gasteiger partial charge in [-0.1, -0.05) is 39.0 Å². The first-order chi connectivity index (χ1) is 17.2. The molecule has 0 spiro atoms. The van der Waals surface area contributed by atoms with E-state index in [1.807, 2.05) is 30.6 Å². The Morgan fingerprint density at radius 2 is 1.89 bits per heavy atom. The predicted octanol–water partition coefficient (Wildman–Crippen LogP) is 5.20. The summed E-state index contributed by atoms with van der Waals surface area (Å²) in [4.78, 5) is 20.3. The van der Waals surface area contributed by atoms with Gasteiger partial charge in [0.1, 0.15) is 0 Å². The number of aryl methyl sites for hydroxylation is 1. The number of imidazole rings is 1. The molecule has 36 heavy (non-hydrogen) atoms. The zero-order valence-electron chi connectivity index (χ0n) is 21.3. The van der Waals surface area contributed by atoms with Crippen molar-refractivity contribution < 1.29 is 9.53 Å². The minimum atomic E-state index is -0.121. The lowest BCUT2D eigenvalue weighted by atomic mass is 9.87. The van der Waals surface area contributed by atoms with Crippen LogP contribution in [0.4, 0.5) is 11.4 Å². The number of hydrogen-bond donors (Lipinski definition) is 1. The summed E-state index contributed by atoms with van der Waals surface area (Å²) in [6.07, 6.45) is 5.88. The molecule has 1 fully saturated rings. The molecule has 0 aliphatic carbocycles. The molecule has 1 aliphatic heterocycles. The molecule has 1 unspecified atom stereocenters. The third-order valence-corrected chi connectivity index (χ3v) is 7.24. The van der Waals surface area contributed by atoms with Crippen LogP contribution in [0, 0.1) is 6.92 Å². The van der Waals surface area contributed by atoms with E-state index in [1.165, 1.54) is 5.56 Å². The summed E-state index contributed by atoms with van der Waals surface area (Å²) in [6.45, 7) is 11.7. The lowest BCUT2D eigenvalue weighted by molar-refractivity contribution is 0.102. The Morgan fingerprint density at radius 1 is 1.11 bits per heavy atom. The molecule has 1 N–H and O–H groups in total. The van der Waals surface area contributed by atoms with Gasteiger partial charge in [0.15, 0.2) is 5.65 Å². The van der Waals surface area contributed by atoms with Gasteiger partial charge in [-0.25, -0.2) is 4.98 Å². The van der Waals surface area contributed by atoms with Crippen LogP contribution in [0.3, 0.4) is 0 Å². The lowest BCUT2D eigenvalue weighted by Gasteiger charge is -2.29. The summed E-state index contributed by atoms with van der Waals surface area (Å²) in [5.41, 5.74) is 7.83. The van der Waals surface area contributed by atoms with Crippen LogP contribution in [0.2, 0.25) is 0 Å². The van der Waals surface area contributed by atoms with Crippen LogP contribution in [0.15, 0.2) is 61.1 Å². The number of morpholine rings is 1. The molecule has 1 amide bonds. The van der Waals surface area contributed by atoms with Crippen LogP contribution < -0.4 is 15.5 Å². The highest BCUT2D eigenvalue weighted by Gasteiger charge is 2.20. The van der Waals surface area contributed by atoms with Crippen LogP contribution in [-0.2, 0) is 10.2 Å². The molecular formula is C29H33N4O2P. The number of anilines is 2. The van der Waals surface area contributed by atoms with Crippen molar-refractivity contribution in [3.63, 3.8) is 0 Å². The molecule has 0 bridgehead atoms. The zero-order chi connectivity index (χ0) is 25.4. The van der Waals surface area contributed by atoms with Crippen LogP contribution in [0.5, 0.6) is 0 Å². The predicted molar refractivity (Wildman–Crippen MR) is 151 cm³/mol. The first-order valence-electron chi connectivity index (χ1n) is 12.3. The van der Waals surface area contributed by atoms with Crippen molar-refractivity contribution in [1.82, 2.24) is 9.38 Å². The molecule has 0 saturated carbocycles. The van der Waals surface area contributed by atoms with Gasteiger partial charge in [-0.15, -0.1) is 9.24 Å². The van der Waals surface area contributed by atoms with Gasteiger partial charge in [-0.05, 0) is 58.6 Å². The average molecular weight is 501 g/mol. The number of nitrogens with one attached hydrogen (secondary N) is 1. The summed E-state index contributed by atoms with van der Waals surface area (Å²) in [7, 11) is 2.72. The molecule has 4 aromatic rings. The van der Waals surface area contributed by atoms with Gasteiger partial charge in [0.2, 0.25) is 0 Å². The number of carbonyl (C=O) groups is 1. The van der Waals surface area contributed by atoms with Crippen LogP contribution >= 0.6 is 9.24 Å². The topological polar surface area (TPSA) is 58.9 Å². The third kappa shape index (κ3) is 4.88. The number of pyridine rings is 1. The van der Waals surface area contributed by atoms with E-state index in [0.29, 0.717) is 18.8 Å². The Kier molecular flexibility index (Phi) is 6.59. The Morgan fingerprint density at radius 3 is 2.64 bits per heavy atom. The van der Waals surface area contributed by atoms with E-state index in [4.69, 9.17) is 4.74 Å². The van der Waals surface area contributed by atoms with Crippen molar-refractivity contribution >= 4 is 37.5 Å². The van der Waals surface area contributed by atoms with E-state index >= 15 is 0 Å². The van der Waals surface area contributed by atoms with Gasteiger partial charge in [-0.2, -0.15) is 0 Å². The highest BCUT2D eigenvalue weighted by molar-refractivity contribution is 7.27. The number of benzene rings is 2. The fourth-order valence-electron chi connectivity index (χ4n) is 4.70. The van der Waals surface area contributed by atoms with Crippen molar-refractivity contribution in [3.8, 4) is 11.1 Å². The number of rotatable bonds is 4. The highest BCUT2D eigenvalue weighted by Crippen LogP contribution is 2.32. The fourth-order valence-corrected chi connectivity index (χ4v) is 5.16. The Balaban J connectivity index is 1.52. The van der Waals surface area contributed by atoms with Crippen molar-refractivity contribution in [2.24, 2.45) is 0 Å². The molecule has 3 heterocycles. The Labute approximate surface area is 214 Å². The van der Waals surface area contributed by atoms with E-state index < -0.39 is 0 Å². The molecule has 0 radical (unpaired) electrons. The molecule has 5 rings (SSSR count). The van der Waals surface area contributed by atoms with Gasteiger partial charge >= 0.3 is 0 Å². The van der Waals surface area contributed by atoms with E-state index in [9.17, 15) is 4.79 Å². The van der Waals surface area contributed by atoms with Crippen LogP contribution in [-0.4, -0.2) is 41.6 Å². The van der Waals surface area contributed by atoms with Crippen molar-refractivity contribution in [2.45, 2.75) is 33.1 Å². The smallest absolute Gasteiger partial charge is 0.256 e. The SMILES string of the molecule is Cc1cc(P)c(C(=O)Nc2cccc(C(C)(C)C)c2)cc1-c1cc(N2CCOCC2)c2nccn2c1. The van der Waals surface area contributed by atoms with Gasteiger partial charge in [-0.3, -0.25) is 4.79 Å². The second kappa shape index (κ2) is 9.68. The third-order valence-electron chi connectivity index (χ3n) is 6.76. The maximum Gasteiger partial charge on any atom is 0.256 e. The Hall–Kier alpha value is -3.21. The first kappa shape index (κ1) is 24.5. The standard InChI is InChI=1S/C29H33N4O2P/c1-19-14-26(36)24(28(34)31-22-7-5-6-21(16-22)29(2,3)4)17-23(19)20-15-25(32-10-12-35-13-11-32)27-30-8-9-33(27)18-20/h5-9,14-18H,10-13,36H2,1-4H3,(H,31,34). The maximum atomic E-state index is 13.4. The quantitative estimate of drug-likeness (QED) is 0.392. The maximum absolute atomic E-state index is 13.4. The van der Waals surface area contributed by atoms with E-state index in [0.717, 1.165) is 52.1 Å². The molecule has 2 aromatic carbocycles. The highest BCUT2D eigenvalue weighted by atomic mass is 31.0. The van der Waals surface area contributed by atoms with Crippen LogP contribution in [0.25, 0.3) is 16.8 Å². The van der Waals surface area contributed by atoms with Crippen molar-refractivity contribution in [1.29, 1.82) is 0 Å². The van der Waals surface area contributed by atoms with Gasteiger partial charge in [0.05, 0.1) is 18.9 Å². The van der Waals surface area contributed by atoms with Gasteiger partial charge in [0.25, 0.3) is 5.91 Å². The van der Waals surface area contributed by atoms with Crippen molar-refractivity contribution in [2.75, 3.05) is 36.5 Å². The zero-order valence-corrected chi connectivity index (χ0v) is 22.5. The number of ether oxygens (including phenoxy) is 1. The number of amides is 1. The minimum Gasteiger partial charge on any atom is -0.378 e. The fraction of sp³-hybridized carbons (Fsp3) is 0.310. The summed E-state index contributed by atoms with van der Waals surface area (Å²) in [5, 5.41) is 3.98. The number of nitrogens with zero attached hydrogens (tertiary/aromatic N) is 3. The second-order valence-corrected chi connectivity index (χ2v) is 11.0. The number of aromatic nitrogens is 2. The van der Waals surface area contributed by atoms with Gasteiger partial charge in [0, 0.05) is 48.5 Å².